The highest BCUT2D eigenvalue weighted by molar-refractivity contribution is 7.43. The molecule has 0 aromatic heterocycles. The zero-order chi connectivity index (χ0) is 58.3. The maximum atomic E-state index is 7.36. The first-order valence-electron chi connectivity index (χ1n) is 29.1. The van der Waals surface area contributed by atoms with Gasteiger partial charge in [0.15, 0.2) is 0 Å². The molecule has 6 nitrogen and oxygen atoms in total. The van der Waals surface area contributed by atoms with Gasteiger partial charge in [0.1, 0.15) is 23.0 Å². The van der Waals surface area contributed by atoms with Gasteiger partial charge < -0.3 is 27.1 Å². The molecule has 0 aliphatic carbocycles. The minimum Gasteiger partial charge on any atom is -0.426 e. The van der Waals surface area contributed by atoms with Crippen LogP contribution >= 0.6 is 17.2 Å². The van der Waals surface area contributed by atoms with Crippen LogP contribution in [-0.4, -0.2) is 13.2 Å². The summed E-state index contributed by atoms with van der Waals surface area (Å²) >= 11 is 0. The second-order valence-corrected chi connectivity index (χ2v) is 33.5. The van der Waals surface area contributed by atoms with E-state index >= 15 is 0 Å². The summed E-state index contributed by atoms with van der Waals surface area (Å²) in [4.78, 5) is 0. The molecule has 0 N–H and O–H groups in total. The van der Waals surface area contributed by atoms with E-state index in [0.29, 0.717) is 13.2 Å². The molecule has 0 atom stereocenters. The highest BCUT2D eigenvalue weighted by Crippen LogP contribution is 2.55. The fraction of sp³-hybridized carbons (Fsp3) is 0.652. The average Bonchev–Trinajstić information content (AvgIpc) is 3.28. The van der Waals surface area contributed by atoms with Gasteiger partial charge in [-0.3, -0.25) is 0 Å². The third kappa shape index (κ3) is 16.5. The Bertz CT molecular complexity index is 2510. The van der Waals surface area contributed by atoms with Gasteiger partial charge in [-0.1, -0.05) is 248 Å². The van der Waals surface area contributed by atoms with E-state index in [9.17, 15) is 0 Å². The van der Waals surface area contributed by atoms with Crippen molar-refractivity contribution in [2.75, 3.05) is 13.2 Å². The molecule has 0 radical (unpaired) electrons. The van der Waals surface area contributed by atoms with E-state index < -0.39 is 17.2 Å². The lowest BCUT2D eigenvalue weighted by atomic mass is 9.69. The largest absolute Gasteiger partial charge is 0.530 e. The Labute approximate surface area is 474 Å². The quantitative estimate of drug-likeness (QED) is 0.0982. The zero-order valence-corrected chi connectivity index (χ0v) is 55.6. The number of benzene rings is 4. The third-order valence-electron chi connectivity index (χ3n) is 16.2. The van der Waals surface area contributed by atoms with Crippen molar-refractivity contribution in [2.24, 2.45) is 5.41 Å². The molecular weight excluding hydrogens is 987 g/mol. The number of hydrogen-bond acceptors (Lipinski definition) is 6. The summed E-state index contributed by atoms with van der Waals surface area (Å²) in [5.74, 6) is 3.24. The summed E-state index contributed by atoms with van der Waals surface area (Å²) in [7, 11) is -3.58. The molecule has 1 fully saturated rings. The molecule has 0 amide bonds. The molecule has 1 saturated heterocycles. The molecule has 1 aliphatic heterocycles. The Hall–Kier alpha value is -3.14. The van der Waals surface area contributed by atoms with Crippen LogP contribution < -0.4 is 18.1 Å². The Balaban J connectivity index is 1.60. The first-order chi connectivity index (χ1) is 34.9. The zero-order valence-electron chi connectivity index (χ0n) is 53.9. The van der Waals surface area contributed by atoms with E-state index in [1.165, 1.54) is 46.2 Å². The van der Waals surface area contributed by atoms with E-state index in [4.69, 9.17) is 27.1 Å². The molecule has 5 rings (SSSR count). The van der Waals surface area contributed by atoms with Crippen molar-refractivity contribution in [3.05, 3.63) is 117 Å². The molecule has 8 heteroatoms. The highest BCUT2D eigenvalue weighted by Gasteiger charge is 2.41. The lowest BCUT2D eigenvalue weighted by Gasteiger charge is -2.40. The standard InChI is InChI=1S/C69H108O6P2/c1-28-30-37-69(29-2)45-70-76(71-46-69)75-59-54(65(18,19)20)43-50(44-55(59)66(21,22)23)67(24,25)38-39-68(26,27)53-42-49(62(9,10)11)33-36-58(53)74-77(72-56-34-31-47(60(3,4)5)40-51(56)63(12,13)14)73-57-35-32-48(61(6,7)8)41-52(57)64(15,16)17/h31-36,40-44H,28-30,37-39,45-46H2,1-27H3. The monoisotopic (exact) mass is 1090 g/mol. The maximum Gasteiger partial charge on any atom is 0.530 e. The minimum atomic E-state index is -2.04. The van der Waals surface area contributed by atoms with Crippen LogP contribution in [0.3, 0.4) is 0 Å². The molecule has 4 aromatic rings. The molecule has 0 bridgehead atoms. The van der Waals surface area contributed by atoms with Crippen molar-refractivity contribution in [1.82, 2.24) is 0 Å². The number of hydrogen-bond donors (Lipinski definition) is 0. The van der Waals surface area contributed by atoms with Crippen molar-refractivity contribution in [3.8, 4) is 23.0 Å². The molecule has 430 valence electrons. The summed E-state index contributed by atoms with van der Waals surface area (Å²) in [6, 6.07) is 24.9. The van der Waals surface area contributed by atoms with Gasteiger partial charge in [0.25, 0.3) is 0 Å². The fourth-order valence-electron chi connectivity index (χ4n) is 10.0. The molecule has 0 unspecified atom stereocenters. The summed E-state index contributed by atoms with van der Waals surface area (Å²) in [6.45, 7) is 63.2. The van der Waals surface area contributed by atoms with E-state index in [-0.39, 0.29) is 54.1 Å². The van der Waals surface area contributed by atoms with Gasteiger partial charge in [0.2, 0.25) is 0 Å². The van der Waals surface area contributed by atoms with Gasteiger partial charge in [-0.15, -0.1) is 0 Å². The van der Waals surface area contributed by atoms with Crippen molar-refractivity contribution >= 4 is 17.2 Å². The van der Waals surface area contributed by atoms with E-state index in [1.807, 2.05) is 0 Å². The highest BCUT2D eigenvalue weighted by atomic mass is 31.2. The second-order valence-electron chi connectivity index (χ2n) is 31.4. The van der Waals surface area contributed by atoms with Gasteiger partial charge in [0.05, 0.1) is 13.2 Å². The van der Waals surface area contributed by atoms with E-state index in [1.54, 1.807) is 0 Å². The van der Waals surface area contributed by atoms with E-state index in [2.05, 4.69) is 254 Å². The molecule has 0 spiro atoms. The van der Waals surface area contributed by atoms with Crippen LogP contribution in [0.4, 0.5) is 0 Å². The predicted octanol–water partition coefficient (Wildman–Crippen LogP) is 21.8. The van der Waals surface area contributed by atoms with Crippen molar-refractivity contribution in [2.45, 2.75) is 274 Å². The summed E-state index contributed by atoms with van der Waals surface area (Å²) in [5, 5.41) is 0. The van der Waals surface area contributed by atoms with Gasteiger partial charge in [-0.05, 0) is 115 Å². The molecule has 0 saturated carbocycles. The first kappa shape index (κ1) is 64.7. The number of rotatable bonds is 17. The summed E-state index contributed by atoms with van der Waals surface area (Å²) in [5.41, 5.74) is 9.40. The van der Waals surface area contributed by atoms with Crippen LogP contribution in [0.25, 0.3) is 0 Å². The third-order valence-corrected chi connectivity index (χ3v) is 18.2. The molecule has 1 heterocycles. The lowest BCUT2D eigenvalue weighted by Crippen LogP contribution is -2.35. The average molecular weight is 1100 g/mol. The molecule has 1 aliphatic rings. The van der Waals surface area contributed by atoms with Gasteiger partial charge in [0, 0.05) is 33.2 Å². The SMILES string of the molecule is CCCCC1(CC)COP(Oc2c(C(C)(C)C)cc(C(C)(C)CCC(C)(C)c3cc(C(C)(C)C)ccc3OP(Oc3ccc(C(C)(C)C)cc3C(C)(C)C)Oc3ccc(C(C)(C)C)cc3C(C)(C)C)cc2C(C)(C)C)OC1. The molecule has 4 aromatic carbocycles. The maximum absolute atomic E-state index is 7.36. The van der Waals surface area contributed by atoms with Crippen LogP contribution in [0, 0.1) is 5.41 Å². The predicted molar refractivity (Wildman–Crippen MR) is 332 cm³/mol. The van der Waals surface area contributed by atoms with Crippen LogP contribution in [0.2, 0.25) is 0 Å². The van der Waals surface area contributed by atoms with Gasteiger partial charge in [-0.25, -0.2) is 0 Å². The Morgan fingerprint density at radius 2 is 0.766 bits per heavy atom. The van der Waals surface area contributed by atoms with E-state index in [0.717, 1.165) is 65.4 Å². The molecule has 77 heavy (non-hydrogen) atoms. The number of unbranched alkanes of at least 4 members (excludes halogenated alkanes) is 1. The van der Waals surface area contributed by atoms with Crippen molar-refractivity contribution in [1.29, 1.82) is 0 Å². The van der Waals surface area contributed by atoms with Gasteiger partial charge in [-0.2, -0.15) is 0 Å². The van der Waals surface area contributed by atoms with Crippen LogP contribution in [0.1, 0.15) is 276 Å². The van der Waals surface area contributed by atoms with Crippen molar-refractivity contribution in [3.63, 3.8) is 0 Å². The summed E-state index contributed by atoms with van der Waals surface area (Å²) < 4.78 is 41.8. The molecular formula is C69H108O6P2. The van der Waals surface area contributed by atoms with Crippen LogP contribution in [0.15, 0.2) is 66.7 Å². The minimum absolute atomic E-state index is 0.0330. The van der Waals surface area contributed by atoms with Crippen LogP contribution in [0.5, 0.6) is 23.0 Å². The summed E-state index contributed by atoms with van der Waals surface area (Å²) in [6.07, 6.45) is 6.32. The second kappa shape index (κ2) is 23.4. The normalized spacial score (nSPS) is 17.7. The van der Waals surface area contributed by atoms with Crippen LogP contribution in [-0.2, 0) is 57.8 Å². The lowest BCUT2D eigenvalue weighted by molar-refractivity contribution is 0.00783. The van der Waals surface area contributed by atoms with Gasteiger partial charge >= 0.3 is 17.2 Å². The fourth-order valence-corrected chi connectivity index (χ4v) is 12.4. The smallest absolute Gasteiger partial charge is 0.426 e. The topological polar surface area (TPSA) is 55.4 Å². The Morgan fingerprint density at radius 1 is 0.429 bits per heavy atom. The first-order valence-corrected chi connectivity index (χ1v) is 31.3. The Morgan fingerprint density at radius 3 is 1.10 bits per heavy atom. The Kier molecular flexibility index (Phi) is 19.6. The van der Waals surface area contributed by atoms with Crippen molar-refractivity contribution < 1.29 is 27.1 Å².